The lowest BCUT2D eigenvalue weighted by molar-refractivity contribution is -0.137. The van der Waals surface area contributed by atoms with Gasteiger partial charge in [0, 0.05) is 12.2 Å². The zero-order valence-corrected chi connectivity index (χ0v) is 16.5. The predicted octanol–water partition coefficient (Wildman–Crippen LogP) is 5.30. The normalized spacial score (nSPS) is 8.70. The molecule has 0 amide bonds. The molecule has 0 saturated carbocycles. The SMILES string of the molecule is C=CC(=O)OCC.C=CCOC(=O)C=C.CC(C)=CC=Cc1ccccc1. The Morgan fingerprint density at radius 2 is 1.52 bits per heavy atom. The van der Waals surface area contributed by atoms with Crippen molar-refractivity contribution in [3.8, 4) is 0 Å². The largest absolute Gasteiger partial charge is 0.463 e. The van der Waals surface area contributed by atoms with Gasteiger partial charge in [0.15, 0.2) is 0 Å². The van der Waals surface area contributed by atoms with E-state index in [-0.39, 0.29) is 12.6 Å². The molecule has 0 atom stereocenters. The van der Waals surface area contributed by atoms with Crippen molar-refractivity contribution in [3.63, 3.8) is 0 Å². The highest BCUT2D eigenvalue weighted by molar-refractivity contribution is 5.81. The zero-order valence-electron chi connectivity index (χ0n) is 16.5. The number of ether oxygens (including phenoxy) is 2. The van der Waals surface area contributed by atoms with Crippen molar-refractivity contribution in [2.24, 2.45) is 0 Å². The van der Waals surface area contributed by atoms with Gasteiger partial charge in [-0.05, 0) is 26.3 Å². The number of benzene rings is 1. The molecule has 146 valence electrons. The van der Waals surface area contributed by atoms with Gasteiger partial charge in [-0.3, -0.25) is 0 Å². The average molecular weight is 370 g/mol. The molecule has 0 unspecified atom stereocenters. The number of hydrogen-bond acceptors (Lipinski definition) is 4. The van der Waals surface area contributed by atoms with Gasteiger partial charge in [0.25, 0.3) is 0 Å². The topological polar surface area (TPSA) is 52.6 Å². The minimum Gasteiger partial charge on any atom is -0.463 e. The van der Waals surface area contributed by atoms with Crippen LogP contribution in [0.2, 0.25) is 0 Å². The van der Waals surface area contributed by atoms with E-state index in [1.807, 2.05) is 18.2 Å². The van der Waals surface area contributed by atoms with Gasteiger partial charge in [-0.2, -0.15) is 0 Å². The molecular weight excluding hydrogens is 340 g/mol. The van der Waals surface area contributed by atoms with Crippen molar-refractivity contribution in [2.45, 2.75) is 20.8 Å². The third-order valence-electron chi connectivity index (χ3n) is 2.48. The number of esters is 2. The number of carbonyl (C=O) groups excluding carboxylic acids is 2. The van der Waals surface area contributed by atoms with Gasteiger partial charge in [-0.25, -0.2) is 9.59 Å². The molecule has 0 saturated heterocycles. The number of hydrogen-bond donors (Lipinski definition) is 0. The number of allylic oxidation sites excluding steroid dienone is 3. The Balaban J connectivity index is 0. The molecule has 0 aromatic heterocycles. The molecule has 0 N–H and O–H groups in total. The van der Waals surface area contributed by atoms with Crippen molar-refractivity contribution in [1.29, 1.82) is 0 Å². The Morgan fingerprint density at radius 3 is 1.93 bits per heavy atom. The van der Waals surface area contributed by atoms with Crippen LogP contribution in [0.1, 0.15) is 26.3 Å². The fraction of sp³-hybridized carbons (Fsp3) is 0.217. The van der Waals surface area contributed by atoms with Crippen molar-refractivity contribution in [3.05, 3.63) is 91.6 Å². The van der Waals surface area contributed by atoms with E-state index in [2.05, 4.69) is 73.4 Å². The second-order valence-electron chi connectivity index (χ2n) is 5.09. The van der Waals surface area contributed by atoms with Gasteiger partial charge in [0.05, 0.1) is 6.61 Å². The minimum absolute atomic E-state index is 0.255. The lowest BCUT2D eigenvalue weighted by Gasteiger charge is -1.92. The van der Waals surface area contributed by atoms with Crippen LogP contribution in [0.25, 0.3) is 6.08 Å². The van der Waals surface area contributed by atoms with E-state index in [0.717, 1.165) is 12.2 Å². The predicted molar refractivity (Wildman–Crippen MR) is 113 cm³/mol. The monoisotopic (exact) mass is 370 g/mol. The Labute approximate surface area is 163 Å². The zero-order chi connectivity index (χ0) is 20.9. The number of rotatable bonds is 7. The highest BCUT2D eigenvalue weighted by atomic mass is 16.5. The van der Waals surface area contributed by atoms with E-state index in [1.165, 1.54) is 17.2 Å². The van der Waals surface area contributed by atoms with Crippen LogP contribution in [-0.2, 0) is 19.1 Å². The molecule has 4 nitrogen and oxygen atoms in total. The highest BCUT2D eigenvalue weighted by Crippen LogP contribution is 2.01. The minimum atomic E-state index is -0.412. The van der Waals surface area contributed by atoms with Crippen LogP contribution in [-0.4, -0.2) is 25.2 Å². The second kappa shape index (κ2) is 19.2. The van der Waals surface area contributed by atoms with Crippen molar-refractivity contribution in [2.75, 3.05) is 13.2 Å². The third-order valence-corrected chi connectivity index (χ3v) is 2.48. The first-order valence-corrected chi connectivity index (χ1v) is 8.47. The van der Waals surface area contributed by atoms with Gasteiger partial charge in [-0.15, -0.1) is 0 Å². The van der Waals surface area contributed by atoms with E-state index in [9.17, 15) is 9.59 Å². The Morgan fingerprint density at radius 1 is 0.963 bits per heavy atom. The maximum atomic E-state index is 10.2. The van der Waals surface area contributed by atoms with E-state index >= 15 is 0 Å². The summed E-state index contributed by atoms with van der Waals surface area (Å²) >= 11 is 0. The molecule has 1 aromatic carbocycles. The molecule has 4 heteroatoms. The first-order valence-electron chi connectivity index (χ1n) is 8.47. The standard InChI is InChI=1S/C12H14.C6H8O2.C5H8O2/c1-11(2)7-6-10-12-8-4-3-5-9-12;1-3-5-8-6(7)4-2;1-3-5(6)7-4-2/h3-10H,1-2H3;3-4H,1-2,5H2;3H,1,4H2,2H3. The van der Waals surface area contributed by atoms with E-state index < -0.39 is 5.97 Å². The first kappa shape index (κ1) is 26.1. The summed E-state index contributed by atoms with van der Waals surface area (Å²) in [7, 11) is 0. The molecule has 0 fully saturated rings. The summed E-state index contributed by atoms with van der Waals surface area (Å²) in [6, 6.07) is 10.3. The summed E-state index contributed by atoms with van der Waals surface area (Å²) in [6.45, 7) is 16.4. The quantitative estimate of drug-likeness (QED) is 0.283. The molecule has 0 aliphatic heterocycles. The van der Waals surface area contributed by atoms with Gasteiger partial charge in [0.1, 0.15) is 6.61 Å². The summed E-state index contributed by atoms with van der Waals surface area (Å²) in [4.78, 5) is 20.3. The molecule has 0 aliphatic carbocycles. The molecule has 0 spiro atoms. The molecule has 0 bridgehead atoms. The number of carbonyl (C=O) groups is 2. The van der Waals surface area contributed by atoms with E-state index in [0.29, 0.717) is 6.61 Å². The Kier molecular flexibility index (Phi) is 18.5. The summed E-state index contributed by atoms with van der Waals surface area (Å²) < 4.78 is 8.90. The smallest absolute Gasteiger partial charge is 0.330 e. The highest BCUT2D eigenvalue weighted by Gasteiger charge is 1.88. The van der Waals surface area contributed by atoms with Gasteiger partial charge in [-0.1, -0.05) is 79.9 Å². The molecule has 0 radical (unpaired) electrons. The summed E-state index contributed by atoms with van der Waals surface area (Å²) in [5, 5.41) is 0. The maximum absolute atomic E-state index is 10.2. The maximum Gasteiger partial charge on any atom is 0.330 e. The lowest BCUT2D eigenvalue weighted by Crippen LogP contribution is -1.98. The fourth-order valence-corrected chi connectivity index (χ4v) is 1.32. The average Bonchev–Trinajstić information content (AvgIpc) is 2.67. The van der Waals surface area contributed by atoms with Crippen molar-refractivity contribution in [1.82, 2.24) is 0 Å². The molecule has 27 heavy (non-hydrogen) atoms. The molecule has 0 heterocycles. The lowest BCUT2D eigenvalue weighted by atomic mass is 10.2. The molecule has 1 rings (SSSR count). The van der Waals surface area contributed by atoms with Crippen LogP contribution in [0.5, 0.6) is 0 Å². The first-order chi connectivity index (χ1) is 12.9. The van der Waals surface area contributed by atoms with Crippen LogP contribution in [0, 0.1) is 0 Å². The van der Waals surface area contributed by atoms with E-state index in [1.54, 1.807) is 6.92 Å². The fourth-order valence-electron chi connectivity index (χ4n) is 1.32. The van der Waals surface area contributed by atoms with Crippen molar-refractivity contribution >= 4 is 18.0 Å². The third kappa shape index (κ3) is 20.8. The van der Waals surface area contributed by atoms with E-state index in [4.69, 9.17) is 0 Å². The van der Waals surface area contributed by atoms with Crippen molar-refractivity contribution < 1.29 is 19.1 Å². The molecular formula is C23H30O4. The molecule has 0 aliphatic rings. The summed E-state index contributed by atoms with van der Waals surface area (Å²) in [6.07, 6.45) is 10.0. The van der Waals surface area contributed by atoms with Gasteiger partial charge >= 0.3 is 11.9 Å². The molecule has 1 aromatic rings. The van der Waals surface area contributed by atoms with Crippen LogP contribution in [0.4, 0.5) is 0 Å². The summed E-state index contributed by atoms with van der Waals surface area (Å²) in [5.74, 6) is -0.771. The van der Waals surface area contributed by atoms with Gasteiger partial charge in [0.2, 0.25) is 0 Å². The van der Waals surface area contributed by atoms with Crippen LogP contribution in [0.15, 0.2) is 86.0 Å². The Bertz CT molecular complexity index is 621. The Hall–Kier alpha value is -3.14. The van der Waals surface area contributed by atoms with Crippen LogP contribution >= 0.6 is 0 Å². The second-order valence-corrected chi connectivity index (χ2v) is 5.09. The summed E-state index contributed by atoms with van der Waals surface area (Å²) in [5.41, 5.74) is 2.57. The van der Waals surface area contributed by atoms with Crippen LogP contribution in [0.3, 0.4) is 0 Å². The van der Waals surface area contributed by atoms with Crippen LogP contribution < -0.4 is 0 Å². The van der Waals surface area contributed by atoms with Gasteiger partial charge < -0.3 is 9.47 Å².